The highest BCUT2D eigenvalue weighted by atomic mass is 16.5. The lowest BCUT2D eigenvalue weighted by Gasteiger charge is -2.36. The molecule has 0 spiro atoms. The lowest BCUT2D eigenvalue weighted by Crippen LogP contribution is -2.46. The van der Waals surface area contributed by atoms with Crippen molar-refractivity contribution in [1.82, 2.24) is 4.90 Å². The van der Waals surface area contributed by atoms with E-state index in [9.17, 15) is 4.79 Å². The van der Waals surface area contributed by atoms with Gasteiger partial charge in [-0.3, -0.25) is 4.79 Å². The fourth-order valence-electron chi connectivity index (χ4n) is 2.32. The monoisotopic (exact) mass is 242 g/mol. The Morgan fingerprint density at radius 3 is 2.82 bits per heavy atom. The Bertz CT molecular complexity index is 233. The molecule has 2 atom stereocenters. The maximum Gasteiger partial charge on any atom is 0.222 e. The summed E-state index contributed by atoms with van der Waals surface area (Å²) in [5, 5.41) is 0. The highest BCUT2D eigenvalue weighted by Crippen LogP contribution is 2.20. The van der Waals surface area contributed by atoms with E-state index in [1.807, 2.05) is 4.90 Å². The van der Waals surface area contributed by atoms with Gasteiger partial charge >= 0.3 is 0 Å². The molecule has 1 aliphatic heterocycles. The summed E-state index contributed by atoms with van der Waals surface area (Å²) in [4.78, 5) is 13.9. The molecule has 1 heterocycles. The van der Waals surface area contributed by atoms with Gasteiger partial charge in [-0.15, -0.1) is 0 Å². The summed E-state index contributed by atoms with van der Waals surface area (Å²) < 4.78 is 5.42. The van der Waals surface area contributed by atoms with Gasteiger partial charge < -0.3 is 15.4 Å². The minimum absolute atomic E-state index is 0.205. The molecule has 0 saturated carbocycles. The number of methoxy groups -OCH3 is 1. The Morgan fingerprint density at radius 1 is 1.41 bits per heavy atom. The molecule has 2 N–H and O–H groups in total. The number of piperidine rings is 1. The molecular weight excluding hydrogens is 216 g/mol. The SMILES string of the molecule is COC1CN(C(=O)CCCCCN)CCC1C. The molecule has 2 unspecified atom stereocenters. The van der Waals surface area contributed by atoms with Crippen LogP contribution in [0.15, 0.2) is 0 Å². The summed E-state index contributed by atoms with van der Waals surface area (Å²) in [5.41, 5.74) is 5.43. The van der Waals surface area contributed by atoms with Crippen LogP contribution in [-0.2, 0) is 9.53 Å². The first-order chi connectivity index (χ1) is 8.19. The van der Waals surface area contributed by atoms with E-state index in [-0.39, 0.29) is 12.0 Å². The third-order valence-electron chi connectivity index (χ3n) is 3.64. The molecule has 0 aromatic carbocycles. The highest BCUT2D eigenvalue weighted by Gasteiger charge is 2.28. The van der Waals surface area contributed by atoms with E-state index in [1.54, 1.807) is 7.11 Å². The Morgan fingerprint density at radius 2 is 2.18 bits per heavy atom. The van der Waals surface area contributed by atoms with Crippen LogP contribution in [-0.4, -0.2) is 43.7 Å². The Labute approximate surface area is 104 Å². The summed E-state index contributed by atoms with van der Waals surface area (Å²) in [5.74, 6) is 0.831. The van der Waals surface area contributed by atoms with Crippen LogP contribution in [0.3, 0.4) is 0 Å². The van der Waals surface area contributed by atoms with Crippen molar-refractivity contribution in [2.24, 2.45) is 11.7 Å². The van der Waals surface area contributed by atoms with Crippen LogP contribution >= 0.6 is 0 Å². The molecule has 0 radical (unpaired) electrons. The van der Waals surface area contributed by atoms with E-state index in [0.29, 0.717) is 12.3 Å². The van der Waals surface area contributed by atoms with Gasteiger partial charge in [0.05, 0.1) is 6.10 Å². The number of hydrogen-bond donors (Lipinski definition) is 1. The number of rotatable bonds is 6. The normalized spacial score (nSPS) is 25.0. The summed E-state index contributed by atoms with van der Waals surface area (Å²) in [7, 11) is 1.73. The number of unbranched alkanes of at least 4 members (excludes halogenated alkanes) is 2. The van der Waals surface area contributed by atoms with Crippen LogP contribution < -0.4 is 5.73 Å². The van der Waals surface area contributed by atoms with E-state index in [2.05, 4.69) is 6.92 Å². The number of carbonyl (C=O) groups excluding carboxylic acids is 1. The van der Waals surface area contributed by atoms with Gasteiger partial charge in [-0.1, -0.05) is 13.3 Å². The zero-order valence-corrected chi connectivity index (χ0v) is 11.2. The molecule has 1 fully saturated rings. The molecule has 0 aromatic heterocycles. The molecule has 1 amide bonds. The van der Waals surface area contributed by atoms with Crippen molar-refractivity contribution >= 4 is 5.91 Å². The summed E-state index contributed by atoms with van der Waals surface area (Å²) in [6, 6.07) is 0. The first kappa shape index (κ1) is 14.5. The van der Waals surface area contributed by atoms with E-state index in [0.717, 1.165) is 45.3 Å². The Hall–Kier alpha value is -0.610. The predicted octanol–water partition coefficient (Wildman–Crippen LogP) is 1.39. The minimum atomic E-state index is 0.205. The molecule has 1 aliphatic rings. The molecule has 1 rings (SSSR count). The van der Waals surface area contributed by atoms with Crippen molar-refractivity contribution in [3.63, 3.8) is 0 Å². The third kappa shape index (κ3) is 4.64. The van der Waals surface area contributed by atoms with Crippen molar-refractivity contribution in [3.05, 3.63) is 0 Å². The molecule has 0 bridgehead atoms. The van der Waals surface area contributed by atoms with Crippen LogP contribution in [0.4, 0.5) is 0 Å². The van der Waals surface area contributed by atoms with E-state index >= 15 is 0 Å². The van der Waals surface area contributed by atoms with Crippen LogP contribution in [0.25, 0.3) is 0 Å². The van der Waals surface area contributed by atoms with Crippen molar-refractivity contribution in [2.45, 2.75) is 45.1 Å². The van der Waals surface area contributed by atoms with Crippen LogP contribution in [0.1, 0.15) is 39.0 Å². The molecule has 4 heteroatoms. The van der Waals surface area contributed by atoms with E-state index in [4.69, 9.17) is 10.5 Å². The zero-order chi connectivity index (χ0) is 12.7. The molecule has 1 saturated heterocycles. The number of amides is 1. The third-order valence-corrected chi connectivity index (χ3v) is 3.64. The number of nitrogens with zero attached hydrogens (tertiary/aromatic N) is 1. The lowest BCUT2D eigenvalue weighted by molar-refractivity contribution is -0.136. The number of nitrogens with two attached hydrogens (primary N) is 1. The number of ether oxygens (including phenoxy) is 1. The van der Waals surface area contributed by atoms with Gasteiger partial charge in [0, 0.05) is 26.6 Å². The van der Waals surface area contributed by atoms with E-state index < -0.39 is 0 Å². The van der Waals surface area contributed by atoms with Gasteiger partial charge in [0.2, 0.25) is 5.91 Å². The first-order valence-corrected chi connectivity index (χ1v) is 6.69. The lowest BCUT2D eigenvalue weighted by atomic mass is 9.95. The van der Waals surface area contributed by atoms with Gasteiger partial charge in [0.1, 0.15) is 0 Å². The number of carbonyl (C=O) groups is 1. The maximum atomic E-state index is 12.0. The Balaban J connectivity index is 2.27. The molecule has 0 aromatic rings. The van der Waals surface area contributed by atoms with Crippen molar-refractivity contribution in [3.8, 4) is 0 Å². The van der Waals surface area contributed by atoms with Crippen molar-refractivity contribution < 1.29 is 9.53 Å². The fraction of sp³-hybridized carbons (Fsp3) is 0.923. The van der Waals surface area contributed by atoms with Crippen molar-refractivity contribution in [2.75, 3.05) is 26.7 Å². The number of likely N-dealkylation sites (tertiary alicyclic amines) is 1. The smallest absolute Gasteiger partial charge is 0.222 e. The zero-order valence-electron chi connectivity index (χ0n) is 11.2. The average Bonchev–Trinajstić information content (AvgIpc) is 2.35. The van der Waals surface area contributed by atoms with Gasteiger partial charge in [-0.2, -0.15) is 0 Å². The summed E-state index contributed by atoms with van der Waals surface area (Å²) >= 11 is 0. The standard InChI is InChI=1S/C13H26N2O2/c1-11-7-9-15(10-12(11)17-2)13(16)6-4-3-5-8-14/h11-12H,3-10,14H2,1-2H3. The second kappa shape index (κ2) is 7.67. The van der Waals surface area contributed by atoms with Crippen LogP contribution in [0.5, 0.6) is 0 Å². The van der Waals surface area contributed by atoms with Gasteiger partial charge in [0.25, 0.3) is 0 Å². The molecule has 0 aliphatic carbocycles. The second-order valence-corrected chi connectivity index (χ2v) is 4.98. The summed E-state index contributed by atoms with van der Waals surface area (Å²) in [6.07, 6.45) is 4.94. The van der Waals surface area contributed by atoms with Gasteiger partial charge in [0.15, 0.2) is 0 Å². The average molecular weight is 242 g/mol. The van der Waals surface area contributed by atoms with Crippen LogP contribution in [0, 0.1) is 5.92 Å². The molecule has 100 valence electrons. The second-order valence-electron chi connectivity index (χ2n) is 4.98. The van der Waals surface area contributed by atoms with E-state index in [1.165, 1.54) is 0 Å². The van der Waals surface area contributed by atoms with Crippen molar-refractivity contribution in [1.29, 1.82) is 0 Å². The van der Waals surface area contributed by atoms with Crippen LogP contribution in [0.2, 0.25) is 0 Å². The number of hydrogen-bond acceptors (Lipinski definition) is 3. The highest BCUT2D eigenvalue weighted by molar-refractivity contribution is 5.76. The predicted molar refractivity (Wildman–Crippen MR) is 68.7 cm³/mol. The summed E-state index contributed by atoms with van der Waals surface area (Å²) in [6.45, 7) is 4.56. The molecule has 4 nitrogen and oxygen atoms in total. The minimum Gasteiger partial charge on any atom is -0.379 e. The van der Waals surface area contributed by atoms with Gasteiger partial charge in [-0.05, 0) is 31.7 Å². The fourth-order valence-corrected chi connectivity index (χ4v) is 2.32. The quantitative estimate of drug-likeness (QED) is 0.716. The van der Waals surface area contributed by atoms with Gasteiger partial charge in [-0.25, -0.2) is 0 Å². The Kier molecular flexibility index (Phi) is 6.52. The topological polar surface area (TPSA) is 55.6 Å². The first-order valence-electron chi connectivity index (χ1n) is 6.69. The molecule has 17 heavy (non-hydrogen) atoms. The maximum absolute atomic E-state index is 12.0. The molecular formula is C13H26N2O2. The largest absolute Gasteiger partial charge is 0.379 e.